The summed E-state index contributed by atoms with van der Waals surface area (Å²) in [6, 6.07) is 10.6. The van der Waals surface area contributed by atoms with E-state index in [2.05, 4.69) is 53.4 Å². The van der Waals surface area contributed by atoms with Gasteiger partial charge < -0.3 is 5.32 Å². The molecule has 1 N–H and O–H groups in total. The van der Waals surface area contributed by atoms with Crippen LogP contribution in [-0.2, 0) is 0 Å². The van der Waals surface area contributed by atoms with Crippen LogP contribution in [0, 0.1) is 0 Å². The van der Waals surface area contributed by atoms with Crippen molar-refractivity contribution < 1.29 is 0 Å². The van der Waals surface area contributed by atoms with Gasteiger partial charge in [-0.05, 0) is 23.6 Å². The minimum Gasteiger partial charge on any atom is -0.373 e. The first-order valence-corrected chi connectivity index (χ1v) is 6.78. The van der Waals surface area contributed by atoms with Crippen molar-refractivity contribution >= 4 is 17.6 Å². The molecule has 0 radical (unpaired) electrons. The molecular formula is C14H17N3S. The summed E-state index contributed by atoms with van der Waals surface area (Å²) in [4.78, 5) is 9.55. The first kappa shape index (κ1) is 12.9. The van der Waals surface area contributed by atoms with Gasteiger partial charge in [-0.25, -0.2) is 9.97 Å². The molecule has 18 heavy (non-hydrogen) atoms. The first-order valence-electron chi connectivity index (χ1n) is 5.96. The van der Waals surface area contributed by atoms with Crippen LogP contribution in [0.3, 0.4) is 0 Å². The Morgan fingerprint density at radius 2 is 1.83 bits per heavy atom. The highest BCUT2D eigenvalue weighted by Crippen LogP contribution is 2.28. The molecule has 0 saturated carbocycles. The Hall–Kier alpha value is -1.55. The van der Waals surface area contributed by atoms with E-state index in [9.17, 15) is 0 Å². The van der Waals surface area contributed by atoms with Gasteiger partial charge in [0.1, 0.15) is 17.2 Å². The van der Waals surface area contributed by atoms with Crippen molar-refractivity contribution in [3.63, 3.8) is 0 Å². The predicted molar refractivity (Wildman–Crippen MR) is 76.2 cm³/mol. The third-order valence-corrected chi connectivity index (χ3v) is 3.61. The average Bonchev–Trinajstić information content (AvgIpc) is 2.39. The van der Waals surface area contributed by atoms with Gasteiger partial charge in [0, 0.05) is 18.0 Å². The van der Waals surface area contributed by atoms with Crippen LogP contribution in [0.25, 0.3) is 0 Å². The molecular weight excluding hydrogens is 242 g/mol. The quantitative estimate of drug-likeness (QED) is 0.848. The molecule has 3 nitrogen and oxygen atoms in total. The van der Waals surface area contributed by atoms with Gasteiger partial charge in [0.2, 0.25) is 0 Å². The number of hydrogen-bond acceptors (Lipinski definition) is 4. The molecule has 0 aliphatic heterocycles. The topological polar surface area (TPSA) is 37.8 Å². The molecule has 1 aromatic carbocycles. The molecule has 4 heteroatoms. The molecule has 1 aromatic heterocycles. The second-order valence-corrected chi connectivity index (χ2v) is 5.41. The van der Waals surface area contributed by atoms with Gasteiger partial charge in [0.05, 0.1) is 0 Å². The zero-order valence-electron chi connectivity index (χ0n) is 10.8. The monoisotopic (exact) mass is 259 g/mol. The summed E-state index contributed by atoms with van der Waals surface area (Å²) in [6.07, 6.45) is 1.58. The van der Waals surface area contributed by atoms with Crippen LogP contribution in [0.2, 0.25) is 0 Å². The molecule has 0 fully saturated rings. The number of benzene rings is 1. The summed E-state index contributed by atoms with van der Waals surface area (Å²) in [6.45, 7) is 4.40. The third-order valence-electron chi connectivity index (χ3n) is 2.67. The molecule has 1 heterocycles. The summed E-state index contributed by atoms with van der Waals surface area (Å²) in [7, 11) is 1.86. The Morgan fingerprint density at radius 3 is 2.44 bits per heavy atom. The largest absolute Gasteiger partial charge is 0.373 e. The van der Waals surface area contributed by atoms with E-state index >= 15 is 0 Å². The maximum Gasteiger partial charge on any atom is 0.130 e. The number of aromatic nitrogens is 2. The second kappa shape index (κ2) is 5.87. The van der Waals surface area contributed by atoms with Crippen LogP contribution < -0.4 is 5.32 Å². The maximum absolute atomic E-state index is 4.25. The van der Waals surface area contributed by atoms with E-state index in [-0.39, 0.29) is 0 Å². The van der Waals surface area contributed by atoms with E-state index in [4.69, 9.17) is 0 Å². The lowest BCUT2D eigenvalue weighted by molar-refractivity contribution is 0.865. The van der Waals surface area contributed by atoms with Crippen LogP contribution in [0.1, 0.15) is 25.3 Å². The van der Waals surface area contributed by atoms with Crippen LogP contribution in [0.4, 0.5) is 5.82 Å². The highest BCUT2D eigenvalue weighted by molar-refractivity contribution is 7.99. The molecule has 0 aliphatic carbocycles. The van der Waals surface area contributed by atoms with Gasteiger partial charge in [-0.15, -0.1) is 0 Å². The van der Waals surface area contributed by atoms with Crippen LogP contribution in [0.5, 0.6) is 0 Å². The van der Waals surface area contributed by atoms with Crippen LogP contribution in [-0.4, -0.2) is 17.0 Å². The number of anilines is 1. The fourth-order valence-corrected chi connectivity index (χ4v) is 2.36. The Bertz CT molecular complexity index is 509. The van der Waals surface area contributed by atoms with Gasteiger partial charge in [-0.3, -0.25) is 0 Å². The first-order chi connectivity index (χ1) is 8.69. The lowest BCUT2D eigenvalue weighted by Gasteiger charge is -2.06. The minimum absolute atomic E-state index is 0.569. The summed E-state index contributed by atoms with van der Waals surface area (Å²) in [5.74, 6) is 1.41. The zero-order valence-corrected chi connectivity index (χ0v) is 11.7. The van der Waals surface area contributed by atoms with Gasteiger partial charge in [0.25, 0.3) is 0 Å². The van der Waals surface area contributed by atoms with Crippen molar-refractivity contribution in [3.8, 4) is 0 Å². The van der Waals surface area contributed by atoms with Crippen molar-refractivity contribution in [1.82, 2.24) is 9.97 Å². The molecule has 94 valence electrons. The lowest BCUT2D eigenvalue weighted by Crippen LogP contribution is -1.93. The maximum atomic E-state index is 4.25. The minimum atomic E-state index is 0.569. The molecule has 2 aromatic rings. The Balaban J connectivity index is 2.13. The smallest absolute Gasteiger partial charge is 0.130 e. The van der Waals surface area contributed by atoms with Crippen molar-refractivity contribution in [1.29, 1.82) is 0 Å². The Labute approximate surface area is 112 Å². The molecule has 0 spiro atoms. The number of nitrogens with zero attached hydrogens (tertiary/aromatic N) is 2. The van der Waals surface area contributed by atoms with Crippen LogP contribution in [0.15, 0.2) is 46.6 Å². The Kier molecular flexibility index (Phi) is 4.20. The molecule has 0 atom stereocenters. The van der Waals surface area contributed by atoms with Crippen LogP contribution >= 0.6 is 11.8 Å². The standard InChI is InChI=1S/C14H17N3S/c1-10(2)11-4-6-12(7-5-11)18-14-8-13(15-3)16-9-17-14/h4-10H,1-3H3,(H,15,16,17). The molecule has 0 aliphatic rings. The average molecular weight is 259 g/mol. The number of rotatable bonds is 4. The molecule has 0 unspecified atom stereocenters. The van der Waals surface area contributed by atoms with E-state index in [1.54, 1.807) is 18.1 Å². The van der Waals surface area contributed by atoms with Crippen molar-refractivity contribution in [3.05, 3.63) is 42.2 Å². The molecule has 0 bridgehead atoms. The zero-order chi connectivity index (χ0) is 13.0. The van der Waals surface area contributed by atoms with Crippen molar-refractivity contribution in [2.45, 2.75) is 29.7 Å². The van der Waals surface area contributed by atoms with E-state index in [1.807, 2.05) is 13.1 Å². The summed E-state index contributed by atoms with van der Waals surface area (Å²) in [5, 5.41) is 3.96. The Morgan fingerprint density at radius 1 is 1.11 bits per heavy atom. The van der Waals surface area contributed by atoms with Gasteiger partial charge in [-0.1, -0.05) is 37.7 Å². The highest BCUT2D eigenvalue weighted by atomic mass is 32.2. The normalized spacial score (nSPS) is 10.7. The fourth-order valence-electron chi connectivity index (χ4n) is 1.57. The van der Waals surface area contributed by atoms with Gasteiger partial charge in [0.15, 0.2) is 0 Å². The summed E-state index contributed by atoms with van der Waals surface area (Å²) >= 11 is 1.65. The van der Waals surface area contributed by atoms with E-state index < -0.39 is 0 Å². The number of nitrogens with one attached hydrogen (secondary N) is 1. The van der Waals surface area contributed by atoms with Gasteiger partial charge >= 0.3 is 0 Å². The molecule has 0 saturated heterocycles. The lowest BCUT2D eigenvalue weighted by atomic mass is 10.0. The third kappa shape index (κ3) is 3.23. The number of hydrogen-bond donors (Lipinski definition) is 1. The van der Waals surface area contributed by atoms with E-state index in [0.717, 1.165) is 10.8 Å². The fraction of sp³-hybridized carbons (Fsp3) is 0.286. The van der Waals surface area contributed by atoms with Gasteiger partial charge in [-0.2, -0.15) is 0 Å². The summed E-state index contributed by atoms with van der Waals surface area (Å²) < 4.78 is 0. The van der Waals surface area contributed by atoms with Crippen molar-refractivity contribution in [2.75, 3.05) is 12.4 Å². The molecule has 0 amide bonds. The predicted octanol–water partition coefficient (Wildman–Crippen LogP) is 3.79. The summed E-state index contributed by atoms with van der Waals surface area (Å²) in [5.41, 5.74) is 1.36. The van der Waals surface area contributed by atoms with E-state index in [1.165, 1.54) is 10.5 Å². The molecule has 2 rings (SSSR count). The second-order valence-electron chi connectivity index (χ2n) is 4.32. The highest BCUT2D eigenvalue weighted by Gasteiger charge is 2.02. The van der Waals surface area contributed by atoms with Crippen molar-refractivity contribution in [2.24, 2.45) is 0 Å². The SMILES string of the molecule is CNc1cc(Sc2ccc(C(C)C)cc2)ncn1. The van der Waals surface area contributed by atoms with E-state index in [0.29, 0.717) is 5.92 Å².